The van der Waals surface area contributed by atoms with E-state index in [1.165, 1.54) is 0 Å². The van der Waals surface area contributed by atoms with Gasteiger partial charge in [0.1, 0.15) is 5.82 Å². The number of hydrogen-bond acceptors (Lipinski definition) is 3. The van der Waals surface area contributed by atoms with Gasteiger partial charge in [-0.2, -0.15) is 0 Å². The summed E-state index contributed by atoms with van der Waals surface area (Å²) in [4.78, 5) is 30.8. The van der Waals surface area contributed by atoms with E-state index >= 15 is 0 Å². The molecule has 6 nitrogen and oxygen atoms in total. The van der Waals surface area contributed by atoms with Crippen LogP contribution in [0, 0.1) is 6.92 Å². The lowest BCUT2D eigenvalue weighted by Gasteiger charge is -2.25. The number of anilines is 1. The highest BCUT2D eigenvalue weighted by Gasteiger charge is 2.24. The van der Waals surface area contributed by atoms with Crippen LogP contribution in [0.3, 0.4) is 0 Å². The number of amides is 2. The summed E-state index contributed by atoms with van der Waals surface area (Å²) < 4.78 is 2.13. The molecule has 0 saturated carbocycles. The van der Waals surface area contributed by atoms with Gasteiger partial charge >= 0.3 is 0 Å². The van der Waals surface area contributed by atoms with E-state index in [4.69, 9.17) is 0 Å². The molecule has 6 heteroatoms. The highest BCUT2D eigenvalue weighted by molar-refractivity contribution is 5.99. The zero-order valence-corrected chi connectivity index (χ0v) is 14.4. The standard InChI is InChI=1S/C19H22N4O2/c1-13-11-22-12-15(7-8-17(22)20-13)21-19(25)14-4-2-5-16(10-14)23-9-3-6-18(23)24/h2,4-5,10-11,15H,3,6-9,12H2,1H3,(H,21,25)/t15-/m1/s1. The number of aromatic nitrogens is 2. The van der Waals surface area contributed by atoms with Gasteiger partial charge in [-0.25, -0.2) is 4.98 Å². The summed E-state index contributed by atoms with van der Waals surface area (Å²) in [5, 5.41) is 3.12. The zero-order valence-electron chi connectivity index (χ0n) is 14.4. The van der Waals surface area contributed by atoms with Crippen molar-refractivity contribution in [2.45, 2.75) is 45.2 Å². The van der Waals surface area contributed by atoms with E-state index in [1.54, 1.807) is 11.0 Å². The number of rotatable bonds is 3. The molecule has 0 radical (unpaired) electrons. The van der Waals surface area contributed by atoms with Gasteiger partial charge in [0.05, 0.1) is 5.69 Å². The van der Waals surface area contributed by atoms with E-state index < -0.39 is 0 Å². The first-order chi connectivity index (χ1) is 12.1. The van der Waals surface area contributed by atoms with E-state index in [1.807, 2.05) is 31.3 Å². The van der Waals surface area contributed by atoms with Gasteiger partial charge in [0.2, 0.25) is 5.91 Å². The Morgan fingerprint density at radius 1 is 1.32 bits per heavy atom. The first-order valence-electron chi connectivity index (χ1n) is 8.84. The fraction of sp³-hybridized carbons (Fsp3) is 0.421. The molecule has 1 aromatic heterocycles. The van der Waals surface area contributed by atoms with E-state index in [0.29, 0.717) is 12.0 Å². The van der Waals surface area contributed by atoms with Gasteiger partial charge < -0.3 is 14.8 Å². The summed E-state index contributed by atoms with van der Waals surface area (Å²) in [6, 6.07) is 7.45. The second kappa shape index (κ2) is 6.35. The van der Waals surface area contributed by atoms with Gasteiger partial charge in [-0.3, -0.25) is 9.59 Å². The monoisotopic (exact) mass is 338 g/mol. The minimum absolute atomic E-state index is 0.0845. The van der Waals surface area contributed by atoms with Crippen LogP contribution < -0.4 is 10.2 Å². The summed E-state index contributed by atoms with van der Waals surface area (Å²) in [6.45, 7) is 3.48. The number of aryl methyl sites for hydroxylation is 2. The van der Waals surface area contributed by atoms with Crippen LogP contribution in [0.2, 0.25) is 0 Å². The maximum absolute atomic E-state index is 12.6. The van der Waals surface area contributed by atoms with Crippen molar-refractivity contribution in [3.05, 3.63) is 47.5 Å². The Balaban J connectivity index is 1.46. The van der Waals surface area contributed by atoms with E-state index in [-0.39, 0.29) is 17.9 Å². The van der Waals surface area contributed by atoms with Gasteiger partial charge in [-0.15, -0.1) is 0 Å². The molecule has 1 aromatic carbocycles. The third-order valence-corrected chi connectivity index (χ3v) is 4.94. The van der Waals surface area contributed by atoms with Crippen LogP contribution in [0.1, 0.15) is 41.1 Å². The molecule has 1 saturated heterocycles. The molecule has 2 aromatic rings. The Kier molecular flexibility index (Phi) is 4.03. The smallest absolute Gasteiger partial charge is 0.251 e. The fourth-order valence-corrected chi connectivity index (χ4v) is 3.71. The summed E-state index contributed by atoms with van der Waals surface area (Å²) in [5.41, 5.74) is 2.43. The van der Waals surface area contributed by atoms with Crippen molar-refractivity contribution in [1.82, 2.24) is 14.9 Å². The molecule has 2 amide bonds. The van der Waals surface area contributed by atoms with Crippen molar-refractivity contribution in [2.75, 3.05) is 11.4 Å². The molecule has 1 N–H and O–H groups in total. The molecule has 0 unspecified atom stereocenters. The van der Waals surface area contributed by atoms with E-state index in [9.17, 15) is 9.59 Å². The van der Waals surface area contributed by atoms with Gasteiger partial charge in [0.15, 0.2) is 0 Å². The molecule has 1 atom stereocenters. The van der Waals surface area contributed by atoms with Gasteiger partial charge in [-0.05, 0) is 38.0 Å². The molecule has 1 fully saturated rings. The Hall–Kier alpha value is -2.63. The number of nitrogens with zero attached hydrogens (tertiary/aromatic N) is 3. The highest BCUT2D eigenvalue weighted by atomic mass is 16.2. The number of benzene rings is 1. The molecule has 0 bridgehead atoms. The van der Waals surface area contributed by atoms with Crippen molar-refractivity contribution < 1.29 is 9.59 Å². The third kappa shape index (κ3) is 3.16. The van der Waals surface area contributed by atoms with Crippen molar-refractivity contribution in [2.24, 2.45) is 0 Å². The Bertz CT molecular complexity index is 827. The largest absolute Gasteiger partial charge is 0.347 e. The minimum atomic E-state index is -0.0845. The van der Waals surface area contributed by atoms with Crippen molar-refractivity contribution in [1.29, 1.82) is 0 Å². The first kappa shape index (κ1) is 15.9. The van der Waals surface area contributed by atoms with Crippen LogP contribution in [0.15, 0.2) is 30.5 Å². The summed E-state index contributed by atoms with van der Waals surface area (Å²) >= 11 is 0. The first-order valence-corrected chi connectivity index (χ1v) is 8.84. The highest BCUT2D eigenvalue weighted by Crippen LogP contribution is 2.22. The average molecular weight is 338 g/mol. The van der Waals surface area contributed by atoms with E-state index in [2.05, 4.69) is 14.9 Å². The number of hydrogen-bond donors (Lipinski definition) is 1. The number of nitrogens with one attached hydrogen (secondary N) is 1. The molecule has 3 heterocycles. The maximum atomic E-state index is 12.6. The number of fused-ring (bicyclic) bond motifs is 1. The predicted molar refractivity (Wildman–Crippen MR) is 94.6 cm³/mol. The van der Waals surface area contributed by atoms with Crippen LogP contribution in [0.5, 0.6) is 0 Å². The molecular formula is C19H22N4O2. The second-order valence-electron chi connectivity index (χ2n) is 6.86. The quantitative estimate of drug-likeness (QED) is 0.931. The number of imidazole rings is 1. The van der Waals surface area contributed by atoms with Crippen LogP contribution in [-0.2, 0) is 17.8 Å². The minimum Gasteiger partial charge on any atom is -0.347 e. The molecular weight excluding hydrogens is 316 g/mol. The van der Waals surface area contributed by atoms with Crippen LogP contribution in [-0.4, -0.2) is 34.0 Å². The van der Waals surface area contributed by atoms with Crippen LogP contribution >= 0.6 is 0 Å². The van der Waals surface area contributed by atoms with Gasteiger partial charge in [0, 0.05) is 49.4 Å². The van der Waals surface area contributed by atoms with Gasteiger partial charge in [0.25, 0.3) is 5.91 Å². The molecule has 0 spiro atoms. The lowest BCUT2D eigenvalue weighted by atomic mass is 10.1. The van der Waals surface area contributed by atoms with Crippen molar-refractivity contribution in [3.63, 3.8) is 0 Å². The molecule has 0 aliphatic carbocycles. The second-order valence-corrected chi connectivity index (χ2v) is 6.86. The summed E-state index contributed by atoms with van der Waals surface area (Å²) in [5.74, 6) is 1.14. The summed E-state index contributed by atoms with van der Waals surface area (Å²) in [7, 11) is 0. The Labute approximate surface area is 146 Å². The van der Waals surface area contributed by atoms with Crippen molar-refractivity contribution >= 4 is 17.5 Å². The lowest BCUT2D eigenvalue weighted by molar-refractivity contribution is -0.117. The topological polar surface area (TPSA) is 67.2 Å². The van der Waals surface area contributed by atoms with Crippen molar-refractivity contribution in [3.8, 4) is 0 Å². The number of carbonyl (C=O) groups is 2. The Morgan fingerprint density at radius 3 is 3.00 bits per heavy atom. The SMILES string of the molecule is Cc1cn2c(n1)CC[C@@H](NC(=O)c1cccc(N3CCCC3=O)c1)C2. The summed E-state index contributed by atoms with van der Waals surface area (Å²) in [6.07, 6.45) is 5.27. The zero-order chi connectivity index (χ0) is 17.4. The fourth-order valence-electron chi connectivity index (χ4n) is 3.71. The van der Waals surface area contributed by atoms with Gasteiger partial charge in [-0.1, -0.05) is 6.07 Å². The molecule has 130 valence electrons. The Morgan fingerprint density at radius 2 is 2.20 bits per heavy atom. The predicted octanol–water partition coefficient (Wildman–Crippen LogP) is 2.06. The lowest BCUT2D eigenvalue weighted by Crippen LogP contribution is -2.41. The average Bonchev–Trinajstić information content (AvgIpc) is 3.19. The molecule has 4 rings (SSSR count). The molecule has 25 heavy (non-hydrogen) atoms. The normalized spacial score (nSPS) is 19.8. The third-order valence-electron chi connectivity index (χ3n) is 4.94. The molecule has 2 aliphatic heterocycles. The maximum Gasteiger partial charge on any atom is 0.251 e. The van der Waals surface area contributed by atoms with E-state index in [0.717, 1.165) is 49.6 Å². The van der Waals surface area contributed by atoms with Crippen LogP contribution in [0.25, 0.3) is 0 Å². The number of carbonyl (C=O) groups excluding carboxylic acids is 2. The molecule has 2 aliphatic rings. The van der Waals surface area contributed by atoms with Crippen LogP contribution in [0.4, 0.5) is 5.69 Å².